The number of aliphatic imine (C=N–C) groups is 1. The molecule has 5 heteroatoms. The first kappa shape index (κ1) is 26.4. The van der Waals surface area contributed by atoms with Gasteiger partial charge in [0.05, 0.1) is 0 Å². The van der Waals surface area contributed by atoms with Crippen LogP contribution in [0.25, 0.3) is 0 Å². The molecule has 0 saturated heterocycles. The molecular weight excluding hydrogens is 587 g/mol. The molecule has 1 N–H and O–H groups in total. The Kier molecular flexibility index (Phi) is 7.94. The second kappa shape index (κ2) is 11.7. The van der Waals surface area contributed by atoms with Crippen molar-refractivity contribution in [2.45, 2.75) is 0 Å². The Morgan fingerprint density at radius 1 is 0.692 bits per heavy atom. The van der Waals surface area contributed by atoms with Gasteiger partial charge in [0.2, 0.25) is 0 Å². The van der Waals surface area contributed by atoms with E-state index in [1.165, 1.54) is 14.3 Å². The van der Waals surface area contributed by atoms with Gasteiger partial charge in [-0.1, -0.05) is 0 Å². The van der Waals surface area contributed by atoms with Crippen molar-refractivity contribution in [3.05, 3.63) is 145 Å². The summed E-state index contributed by atoms with van der Waals surface area (Å²) in [6.07, 6.45) is 1.83. The Hall–Kier alpha value is -4.16. The zero-order valence-corrected chi connectivity index (χ0v) is 24.9. The van der Waals surface area contributed by atoms with E-state index in [0.29, 0.717) is 0 Å². The molecule has 0 unspecified atom stereocenters. The number of carbonyl (C=O) groups is 1. The van der Waals surface area contributed by atoms with Crippen LogP contribution in [-0.2, 0) is 0 Å². The number of anilines is 1. The second-order valence-corrected chi connectivity index (χ2v) is 20.4. The molecule has 0 bridgehead atoms. The molecule has 0 aliphatic heterocycles. The van der Waals surface area contributed by atoms with Gasteiger partial charge in [-0.25, -0.2) is 0 Å². The quantitative estimate of drug-likeness (QED) is 0.205. The van der Waals surface area contributed by atoms with Crippen molar-refractivity contribution >= 4 is 56.3 Å². The molecule has 0 fully saturated rings. The van der Waals surface area contributed by atoms with Gasteiger partial charge in [0.25, 0.3) is 0 Å². The minimum atomic E-state index is -3.91. The topological polar surface area (TPSA) is 52.9 Å². The number of rotatable bonds is 8. The predicted octanol–water partition coefficient (Wildman–Crippen LogP) is 4.58. The van der Waals surface area contributed by atoms with Gasteiger partial charge in [0.1, 0.15) is 0 Å². The molecule has 4 nitrogen and oxygen atoms in total. The number of aromatic carboxylic acids is 1. The van der Waals surface area contributed by atoms with E-state index in [2.05, 4.69) is 128 Å². The summed E-state index contributed by atoms with van der Waals surface area (Å²) in [6, 6.07) is 46.0. The van der Waals surface area contributed by atoms with Gasteiger partial charge in [-0.3, -0.25) is 0 Å². The van der Waals surface area contributed by atoms with E-state index in [9.17, 15) is 9.90 Å². The first-order valence-electron chi connectivity index (χ1n) is 12.9. The Bertz CT molecular complexity index is 1490. The molecule has 192 valence electrons. The van der Waals surface area contributed by atoms with Gasteiger partial charge in [-0.05, 0) is 0 Å². The number of carboxylic acids is 1. The van der Waals surface area contributed by atoms with Crippen molar-refractivity contribution in [1.29, 1.82) is 0 Å². The van der Waals surface area contributed by atoms with Crippen LogP contribution in [0.3, 0.4) is 0 Å². The molecule has 0 spiro atoms. The summed E-state index contributed by atoms with van der Waals surface area (Å²) in [5.41, 5.74) is 3.16. The Labute approximate surface area is 233 Å². The van der Waals surface area contributed by atoms with E-state index in [-0.39, 0.29) is 5.56 Å². The number of hydrogen-bond acceptors (Lipinski definition) is 3. The fourth-order valence-corrected chi connectivity index (χ4v) is 19.1. The van der Waals surface area contributed by atoms with Crippen molar-refractivity contribution < 1.29 is 9.90 Å². The van der Waals surface area contributed by atoms with Gasteiger partial charge in [-0.15, -0.1) is 0 Å². The third-order valence-electron chi connectivity index (χ3n) is 7.03. The molecule has 0 saturated carbocycles. The molecule has 0 radical (unpaired) electrons. The van der Waals surface area contributed by atoms with Crippen LogP contribution in [-0.4, -0.2) is 49.8 Å². The van der Waals surface area contributed by atoms with Crippen LogP contribution in [0.15, 0.2) is 138 Å². The van der Waals surface area contributed by atoms with Crippen LogP contribution in [0, 0.1) is 0 Å². The van der Waals surface area contributed by atoms with Crippen LogP contribution >= 0.6 is 0 Å². The Balaban J connectivity index is 1.81. The molecule has 0 heterocycles. The molecule has 39 heavy (non-hydrogen) atoms. The molecule has 0 atom stereocenters. The third-order valence-corrected chi connectivity index (χ3v) is 20.7. The predicted molar refractivity (Wildman–Crippen MR) is 165 cm³/mol. The molecule has 5 aromatic rings. The van der Waals surface area contributed by atoms with Gasteiger partial charge in [-0.2, -0.15) is 0 Å². The molecule has 0 amide bonds. The summed E-state index contributed by atoms with van der Waals surface area (Å²) in [5.74, 6) is -0.938. The first-order chi connectivity index (χ1) is 19.0. The zero-order valence-electron chi connectivity index (χ0n) is 22.0. The monoisotopic (exact) mass is 618 g/mol. The van der Waals surface area contributed by atoms with E-state index >= 15 is 0 Å². The van der Waals surface area contributed by atoms with E-state index in [1.54, 1.807) is 24.3 Å². The molecule has 0 aliphatic carbocycles. The van der Waals surface area contributed by atoms with Crippen molar-refractivity contribution in [2.75, 3.05) is 19.0 Å². The first-order valence-corrected chi connectivity index (χ1v) is 18.6. The maximum atomic E-state index is 11.3. The zero-order chi connectivity index (χ0) is 27.2. The average Bonchev–Trinajstić information content (AvgIpc) is 2.98. The molecule has 5 aromatic carbocycles. The van der Waals surface area contributed by atoms with E-state index in [1.807, 2.05) is 6.21 Å². The van der Waals surface area contributed by atoms with E-state index in [0.717, 1.165) is 16.9 Å². The van der Waals surface area contributed by atoms with Crippen LogP contribution in [0.5, 0.6) is 0 Å². The van der Waals surface area contributed by atoms with Gasteiger partial charge in [0, 0.05) is 0 Å². The number of benzene rings is 5. The fourth-order valence-electron chi connectivity index (χ4n) is 5.10. The van der Waals surface area contributed by atoms with Crippen LogP contribution in [0.4, 0.5) is 11.4 Å². The Morgan fingerprint density at radius 2 is 1.18 bits per heavy atom. The molecular formula is C34H30N2O2Sn. The minimum absolute atomic E-state index is 0.260. The van der Waals surface area contributed by atoms with Gasteiger partial charge >= 0.3 is 235 Å². The van der Waals surface area contributed by atoms with Crippen molar-refractivity contribution in [1.82, 2.24) is 0 Å². The summed E-state index contributed by atoms with van der Waals surface area (Å²) in [4.78, 5) is 18.5. The van der Waals surface area contributed by atoms with Gasteiger partial charge in [0.15, 0.2) is 0 Å². The maximum absolute atomic E-state index is 11.3. The number of nitrogens with zero attached hydrogens (tertiary/aromatic N) is 2. The molecule has 5 rings (SSSR count). The SMILES string of the molecule is CN(C)c1ccc(N=Cc2ccc(C(=O)O)cc2)[c]([Sn]([c]2ccccc2)([c]2ccccc2)[c]2ccccc2)c1. The molecule has 0 aliphatic rings. The van der Waals surface area contributed by atoms with Crippen molar-refractivity contribution in [3.8, 4) is 0 Å². The second-order valence-electron chi connectivity index (χ2n) is 9.63. The summed E-state index contributed by atoms with van der Waals surface area (Å²) in [6.45, 7) is 0. The number of hydrogen-bond donors (Lipinski definition) is 1. The van der Waals surface area contributed by atoms with Crippen LogP contribution in [0.1, 0.15) is 15.9 Å². The average molecular weight is 617 g/mol. The summed E-state index contributed by atoms with van der Waals surface area (Å²) < 4.78 is 5.31. The van der Waals surface area contributed by atoms with Crippen LogP contribution in [0.2, 0.25) is 0 Å². The summed E-state index contributed by atoms with van der Waals surface area (Å²) >= 11 is -3.91. The summed E-state index contributed by atoms with van der Waals surface area (Å²) in [5, 5.41) is 9.27. The summed E-state index contributed by atoms with van der Waals surface area (Å²) in [7, 11) is 4.13. The normalized spacial score (nSPS) is 11.4. The third kappa shape index (κ3) is 5.38. The van der Waals surface area contributed by atoms with E-state index < -0.39 is 24.3 Å². The van der Waals surface area contributed by atoms with Gasteiger partial charge < -0.3 is 0 Å². The van der Waals surface area contributed by atoms with Crippen molar-refractivity contribution in [3.63, 3.8) is 0 Å². The van der Waals surface area contributed by atoms with E-state index in [4.69, 9.17) is 4.99 Å². The van der Waals surface area contributed by atoms with Crippen molar-refractivity contribution in [2.24, 2.45) is 4.99 Å². The number of carboxylic acid groups (broad SMARTS) is 1. The standard InChI is InChI=1S/C16H15N2O2.3C6H5.Sn/c1-18(2)15-9-7-14(8-10-15)17-11-12-3-5-13(6-4-12)16(19)20;3*1-2-4-6-5-3-1;/h3-7,9-11H,1-2H3,(H,19,20);3*1-5H;. The van der Waals surface area contributed by atoms with Crippen LogP contribution < -0.4 is 19.2 Å². The fraction of sp³-hybridized carbons (Fsp3) is 0.0588. The Morgan fingerprint density at radius 3 is 1.62 bits per heavy atom. The molecule has 0 aromatic heterocycles.